The Morgan fingerprint density at radius 2 is 2.31 bits per heavy atom. The molecule has 0 aliphatic carbocycles. The largest absolute Gasteiger partial charge is 0.371 e. The lowest BCUT2D eigenvalue weighted by Crippen LogP contribution is -2.21. The Hall–Kier alpha value is -1.41. The lowest BCUT2D eigenvalue weighted by Gasteiger charge is -2.17. The molecule has 1 heterocycles. The number of H-pyrrole nitrogens is 1. The van der Waals surface area contributed by atoms with Gasteiger partial charge in [0.2, 0.25) is 0 Å². The first kappa shape index (κ1) is 9.68. The van der Waals surface area contributed by atoms with Crippen molar-refractivity contribution in [1.29, 1.82) is 5.26 Å². The summed E-state index contributed by atoms with van der Waals surface area (Å²) in [5.74, 6) is 1.14. The zero-order valence-corrected chi connectivity index (χ0v) is 7.96. The van der Waals surface area contributed by atoms with E-state index in [1.165, 1.54) is 0 Å². The van der Waals surface area contributed by atoms with Crippen LogP contribution in [0, 0.1) is 11.3 Å². The van der Waals surface area contributed by atoms with Gasteiger partial charge in [0.05, 0.1) is 12.5 Å². The summed E-state index contributed by atoms with van der Waals surface area (Å²) in [5.41, 5.74) is -0.510. The fourth-order valence-corrected chi connectivity index (χ4v) is 0.810. The van der Waals surface area contributed by atoms with Crippen molar-refractivity contribution in [2.75, 3.05) is 7.11 Å². The Labute approximate surface area is 76.7 Å². The smallest absolute Gasteiger partial charge is 0.181 e. The van der Waals surface area contributed by atoms with Gasteiger partial charge in [-0.2, -0.15) is 10.4 Å². The maximum atomic E-state index is 8.42. The monoisotopic (exact) mass is 180 g/mol. The number of hydrogen-bond donors (Lipinski definition) is 1. The van der Waals surface area contributed by atoms with Crippen LogP contribution in [-0.4, -0.2) is 22.3 Å². The van der Waals surface area contributed by atoms with E-state index in [0.29, 0.717) is 11.6 Å². The van der Waals surface area contributed by atoms with Crippen LogP contribution < -0.4 is 0 Å². The summed E-state index contributed by atoms with van der Waals surface area (Å²) in [5, 5.41) is 15.1. The van der Waals surface area contributed by atoms with Crippen molar-refractivity contribution in [2.24, 2.45) is 0 Å². The molecule has 0 aliphatic heterocycles. The van der Waals surface area contributed by atoms with Crippen LogP contribution in [0.1, 0.15) is 25.5 Å². The molecule has 0 radical (unpaired) electrons. The molecular formula is C8H12N4O. The number of rotatable bonds is 3. The summed E-state index contributed by atoms with van der Waals surface area (Å²) in [6, 6.07) is 1.99. The molecule has 5 heteroatoms. The predicted octanol–water partition coefficient (Wildman–Crippen LogP) is 0.752. The summed E-state index contributed by atoms with van der Waals surface area (Å²) >= 11 is 0. The number of nitriles is 1. The Bertz CT molecular complexity index is 323. The number of methoxy groups -OCH3 is 1. The molecule has 0 aromatic carbocycles. The molecule has 1 rings (SSSR count). The lowest BCUT2D eigenvalue weighted by atomic mass is 10.1. The highest BCUT2D eigenvalue weighted by Gasteiger charge is 2.24. The predicted molar refractivity (Wildman–Crippen MR) is 45.7 cm³/mol. The van der Waals surface area contributed by atoms with Crippen molar-refractivity contribution in [3.8, 4) is 6.07 Å². The molecule has 1 aromatic heterocycles. The van der Waals surface area contributed by atoms with Crippen LogP contribution in [0.2, 0.25) is 0 Å². The average molecular weight is 180 g/mol. The molecular weight excluding hydrogens is 168 g/mol. The molecule has 0 aliphatic rings. The minimum absolute atomic E-state index is 0.243. The summed E-state index contributed by atoms with van der Waals surface area (Å²) in [6.45, 7) is 3.73. The Balaban J connectivity index is 2.86. The van der Waals surface area contributed by atoms with E-state index in [4.69, 9.17) is 10.00 Å². The quantitative estimate of drug-likeness (QED) is 0.744. The molecule has 0 saturated heterocycles. The normalized spacial score (nSPS) is 11.2. The molecule has 13 heavy (non-hydrogen) atoms. The highest BCUT2D eigenvalue weighted by Crippen LogP contribution is 2.19. The number of nitrogens with zero attached hydrogens (tertiary/aromatic N) is 3. The molecule has 70 valence electrons. The third-order valence-electron chi connectivity index (χ3n) is 1.83. The third-order valence-corrected chi connectivity index (χ3v) is 1.83. The van der Waals surface area contributed by atoms with Crippen molar-refractivity contribution < 1.29 is 4.74 Å². The van der Waals surface area contributed by atoms with Crippen LogP contribution in [0.4, 0.5) is 0 Å². The van der Waals surface area contributed by atoms with Crippen LogP contribution >= 0.6 is 0 Å². The van der Waals surface area contributed by atoms with E-state index < -0.39 is 5.60 Å². The zero-order chi connectivity index (χ0) is 9.90. The number of aromatic nitrogens is 3. The Morgan fingerprint density at radius 1 is 1.62 bits per heavy atom. The van der Waals surface area contributed by atoms with Gasteiger partial charge in [-0.05, 0) is 13.8 Å². The van der Waals surface area contributed by atoms with Gasteiger partial charge < -0.3 is 4.74 Å². The van der Waals surface area contributed by atoms with Crippen molar-refractivity contribution in [3.05, 3.63) is 11.6 Å². The number of nitrogens with one attached hydrogen (secondary N) is 1. The highest BCUT2D eigenvalue weighted by atomic mass is 16.5. The van der Waals surface area contributed by atoms with Gasteiger partial charge in [0.1, 0.15) is 11.4 Å². The second-order valence-corrected chi connectivity index (χ2v) is 3.16. The van der Waals surface area contributed by atoms with Crippen molar-refractivity contribution in [1.82, 2.24) is 15.2 Å². The molecule has 0 atom stereocenters. The maximum absolute atomic E-state index is 8.42. The molecule has 0 amide bonds. The molecule has 0 bridgehead atoms. The van der Waals surface area contributed by atoms with E-state index in [0.717, 1.165) is 0 Å². The van der Waals surface area contributed by atoms with E-state index in [2.05, 4.69) is 15.2 Å². The topological polar surface area (TPSA) is 74.6 Å². The first-order chi connectivity index (χ1) is 6.10. The van der Waals surface area contributed by atoms with E-state index in [9.17, 15) is 0 Å². The SMILES string of the molecule is COC(C)(C)c1n[nH]c(CC#N)n1. The van der Waals surface area contributed by atoms with Gasteiger partial charge >= 0.3 is 0 Å². The summed E-state index contributed by atoms with van der Waals surface area (Å²) in [6.07, 6.45) is 0.243. The maximum Gasteiger partial charge on any atom is 0.181 e. The second kappa shape index (κ2) is 3.54. The van der Waals surface area contributed by atoms with Crippen molar-refractivity contribution >= 4 is 0 Å². The van der Waals surface area contributed by atoms with Gasteiger partial charge in [-0.1, -0.05) is 0 Å². The second-order valence-electron chi connectivity index (χ2n) is 3.16. The van der Waals surface area contributed by atoms with Crippen LogP contribution in [0.25, 0.3) is 0 Å². The number of ether oxygens (including phenoxy) is 1. The molecule has 0 spiro atoms. The molecule has 0 unspecified atom stereocenters. The van der Waals surface area contributed by atoms with Crippen molar-refractivity contribution in [3.63, 3.8) is 0 Å². The highest BCUT2D eigenvalue weighted by molar-refractivity contribution is 5.02. The molecule has 0 saturated carbocycles. The summed E-state index contributed by atoms with van der Waals surface area (Å²) in [7, 11) is 1.60. The molecule has 1 aromatic rings. The molecule has 1 N–H and O–H groups in total. The van der Waals surface area contributed by atoms with E-state index in [-0.39, 0.29) is 6.42 Å². The number of hydrogen-bond acceptors (Lipinski definition) is 4. The molecule has 0 fully saturated rings. The van der Waals surface area contributed by atoms with E-state index in [1.807, 2.05) is 19.9 Å². The van der Waals surface area contributed by atoms with Crippen LogP contribution in [0.15, 0.2) is 0 Å². The average Bonchev–Trinajstić information content (AvgIpc) is 2.54. The van der Waals surface area contributed by atoms with Gasteiger partial charge in [-0.15, -0.1) is 0 Å². The molecule has 5 nitrogen and oxygen atoms in total. The van der Waals surface area contributed by atoms with E-state index in [1.54, 1.807) is 7.11 Å². The Morgan fingerprint density at radius 3 is 2.85 bits per heavy atom. The van der Waals surface area contributed by atoms with Gasteiger partial charge in [-0.25, -0.2) is 4.98 Å². The van der Waals surface area contributed by atoms with E-state index >= 15 is 0 Å². The van der Waals surface area contributed by atoms with Crippen molar-refractivity contribution in [2.45, 2.75) is 25.9 Å². The summed E-state index contributed by atoms with van der Waals surface area (Å²) < 4.78 is 5.19. The van der Waals surface area contributed by atoms with Crippen LogP contribution in [0.5, 0.6) is 0 Å². The third kappa shape index (κ3) is 2.04. The van der Waals surface area contributed by atoms with Crippen LogP contribution in [-0.2, 0) is 16.8 Å². The minimum Gasteiger partial charge on any atom is -0.371 e. The van der Waals surface area contributed by atoms with Gasteiger partial charge in [0.15, 0.2) is 5.82 Å². The van der Waals surface area contributed by atoms with Gasteiger partial charge in [-0.3, -0.25) is 5.10 Å². The fraction of sp³-hybridized carbons (Fsp3) is 0.625. The van der Waals surface area contributed by atoms with Gasteiger partial charge in [0, 0.05) is 7.11 Å². The van der Waals surface area contributed by atoms with Crippen LogP contribution in [0.3, 0.4) is 0 Å². The fourth-order valence-electron chi connectivity index (χ4n) is 0.810. The lowest BCUT2D eigenvalue weighted by molar-refractivity contribution is 0.0117. The minimum atomic E-state index is -0.510. The first-order valence-corrected chi connectivity index (χ1v) is 3.94. The number of aromatic amines is 1. The Kier molecular flexibility index (Phi) is 2.63. The zero-order valence-electron chi connectivity index (χ0n) is 7.96. The van der Waals surface area contributed by atoms with Gasteiger partial charge in [0.25, 0.3) is 0 Å². The first-order valence-electron chi connectivity index (χ1n) is 3.94. The summed E-state index contributed by atoms with van der Waals surface area (Å²) in [4.78, 5) is 4.13. The standard InChI is InChI=1S/C8H12N4O/c1-8(2,13-3)7-10-6(4-5-9)11-12-7/h4H2,1-3H3,(H,10,11,12).